The van der Waals surface area contributed by atoms with Crippen LogP contribution in [-0.4, -0.2) is 24.2 Å². The van der Waals surface area contributed by atoms with E-state index < -0.39 is 58.1 Å². The van der Waals surface area contributed by atoms with Crippen LogP contribution in [0, 0.1) is 11.6 Å². The summed E-state index contributed by atoms with van der Waals surface area (Å²) in [7, 11) is 0. The molecule has 164 valence electrons. The van der Waals surface area contributed by atoms with E-state index in [1.54, 1.807) is 0 Å². The minimum absolute atomic E-state index is 0.166. The Morgan fingerprint density at radius 2 is 0.867 bits per heavy atom. The van der Waals surface area contributed by atoms with Gasteiger partial charge in [0.25, 0.3) is 0 Å². The lowest BCUT2D eigenvalue weighted by molar-refractivity contribution is -0.307. The smallest absolute Gasteiger partial charge is 0.207 e. The van der Waals surface area contributed by atoms with Gasteiger partial charge in [-0.3, -0.25) is 0 Å². The first kappa shape index (κ1) is 23.6. The average Bonchev–Trinajstić information content (AvgIpc) is 2.57. The van der Waals surface area contributed by atoms with Crippen molar-refractivity contribution in [3.63, 3.8) is 0 Å². The number of benzene rings is 2. The fraction of sp³-hybridized carbons (Fsp3) is 0.222. The van der Waals surface area contributed by atoms with E-state index in [2.05, 4.69) is 0 Å². The van der Waals surface area contributed by atoms with Crippen LogP contribution in [0.15, 0.2) is 54.1 Å². The second kappa shape index (κ2) is 7.55. The molecule has 0 fully saturated rings. The van der Waals surface area contributed by atoms with E-state index in [4.69, 9.17) is 0 Å². The number of allylic oxidation sites excluding steroid dienone is 1. The van der Waals surface area contributed by atoms with Gasteiger partial charge in [0.2, 0.25) is 0 Å². The molecule has 0 aliphatic carbocycles. The Kier molecular flexibility index (Phi) is 5.94. The first-order valence-corrected chi connectivity index (χ1v) is 7.66. The van der Waals surface area contributed by atoms with Crippen LogP contribution >= 0.6 is 0 Å². The number of alkyl halides is 10. The van der Waals surface area contributed by atoms with Gasteiger partial charge in [-0.05, 0) is 35.4 Å². The first-order valence-electron chi connectivity index (χ1n) is 7.66. The molecule has 0 bridgehead atoms. The monoisotopic (exact) mass is 452 g/mol. The predicted molar refractivity (Wildman–Crippen MR) is 80.8 cm³/mol. The van der Waals surface area contributed by atoms with Gasteiger partial charge in [0.05, 0.1) is 5.57 Å². The SMILES string of the molecule is Fc1cccc(C(=C(C(F)(F)C(F)(F)F)C(F)(F)C(F)(F)F)c2cccc(F)c2)c1. The Morgan fingerprint density at radius 1 is 0.533 bits per heavy atom. The largest absolute Gasteiger partial charge is 0.457 e. The van der Waals surface area contributed by atoms with Crippen LogP contribution in [0.2, 0.25) is 0 Å². The van der Waals surface area contributed by atoms with Crippen molar-refractivity contribution in [1.82, 2.24) is 0 Å². The number of hydrogen-bond donors (Lipinski definition) is 0. The molecule has 0 radical (unpaired) electrons. The van der Waals surface area contributed by atoms with Crippen LogP contribution in [0.1, 0.15) is 11.1 Å². The highest BCUT2D eigenvalue weighted by Gasteiger charge is 2.73. The lowest BCUT2D eigenvalue weighted by Gasteiger charge is -2.32. The fourth-order valence-corrected chi connectivity index (χ4v) is 2.54. The maximum atomic E-state index is 14.1. The summed E-state index contributed by atoms with van der Waals surface area (Å²) in [6.07, 6.45) is -13.8. The van der Waals surface area contributed by atoms with E-state index in [-0.39, 0.29) is 12.1 Å². The van der Waals surface area contributed by atoms with Crippen molar-refractivity contribution in [1.29, 1.82) is 0 Å². The molecule has 30 heavy (non-hydrogen) atoms. The third kappa shape index (κ3) is 4.26. The summed E-state index contributed by atoms with van der Waals surface area (Å²) in [5, 5.41) is 0. The molecule has 2 rings (SSSR count). The molecule has 2 aromatic rings. The summed E-state index contributed by atoms with van der Waals surface area (Å²) in [4.78, 5) is 0. The highest BCUT2D eigenvalue weighted by Crippen LogP contribution is 2.55. The third-order valence-corrected chi connectivity index (χ3v) is 3.82. The molecule has 0 amide bonds. The average molecular weight is 452 g/mol. The second-order valence-corrected chi connectivity index (χ2v) is 5.91. The van der Waals surface area contributed by atoms with Gasteiger partial charge in [-0.25, -0.2) is 8.78 Å². The molecule has 0 spiro atoms. The maximum absolute atomic E-state index is 14.1. The van der Waals surface area contributed by atoms with E-state index in [1.165, 1.54) is 0 Å². The summed E-state index contributed by atoms with van der Waals surface area (Å²) in [6.45, 7) is 0. The lowest BCUT2D eigenvalue weighted by atomic mass is 9.86. The molecule has 12 heteroatoms. The molecular weight excluding hydrogens is 444 g/mol. The van der Waals surface area contributed by atoms with Gasteiger partial charge in [0, 0.05) is 5.57 Å². The van der Waals surface area contributed by atoms with Crippen molar-refractivity contribution in [2.24, 2.45) is 0 Å². The fourth-order valence-electron chi connectivity index (χ4n) is 2.54. The van der Waals surface area contributed by atoms with Gasteiger partial charge in [-0.2, -0.15) is 43.9 Å². The zero-order valence-electron chi connectivity index (χ0n) is 14.2. The first-order chi connectivity index (χ1) is 13.5. The van der Waals surface area contributed by atoms with Gasteiger partial charge >= 0.3 is 24.2 Å². The number of rotatable bonds is 4. The van der Waals surface area contributed by atoms with Crippen LogP contribution in [-0.2, 0) is 0 Å². The Labute approximate surface area is 160 Å². The van der Waals surface area contributed by atoms with Crippen LogP contribution in [0.3, 0.4) is 0 Å². The summed E-state index contributed by atoms with van der Waals surface area (Å²) < 4.78 is 161. The molecule has 0 atom stereocenters. The van der Waals surface area contributed by atoms with E-state index in [9.17, 15) is 52.7 Å². The van der Waals surface area contributed by atoms with E-state index in [0.717, 1.165) is 0 Å². The molecule has 0 heterocycles. The molecule has 0 aliphatic heterocycles. The van der Waals surface area contributed by atoms with Gasteiger partial charge in [0.15, 0.2) is 0 Å². The quantitative estimate of drug-likeness (QED) is 0.432. The zero-order chi connectivity index (χ0) is 23.1. The summed E-state index contributed by atoms with van der Waals surface area (Å²) in [6, 6.07) is 4.02. The van der Waals surface area contributed by atoms with Crippen molar-refractivity contribution in [3.05, 3.63) is 76.9 Å². The maximum Gasteiger partial charge on any atom is 0.457 e. The van der Waals surface area contributed by atoms with Crippen LogP contribution in [0.4, 0.5) is 52.7 Å². The van der Waals surface area contributed by atoms with Crippen molar-refractivity contribution in [2.75, 3.05) is 0 Å². The highest BCUT2D eigenvalue weighted by molar-refractivity contribution is 5.84. The van der Waals surface area contributed by atoms with Gasteiger partial charge in [-0.1, -0.05) is 24.3 Å². The number of hydrogen-bond acceptors (Lipinski definition) is 0. The van der Waals surface area contributed by atoms with Crippen LogP contribution in [0.25, 0.3) is 5.57 Å². The van der Waals surface area contributed by atoms with E-state index in [0.29, 0.717) is 36.4 Å². The van der Waals surface area contributed by atoms with Crippen molar-refractivity contribution >= 4 is 5.57 Å². The van der Waals surface area contributed by atoms with Crippen molar-refractivity contribution < 1.29 is 52.7 Å². The number of halogens is 12. The van der Waals surface area contributed by atoms with Gasteiger partial charge in [-0.15, -0.1) is 0 Å². The molecule has 0 nitrogen and oxygen atoms in total. The standard InChI is InChI=1S/C18H8F12/c19-11-5-1-3-9(7-11)13(10-4-2-6-12(20)8-10)14(15(21,22)17(25,26)27)16(23,24)18(28,29)30/h1-8H. The topological polar surface area (TPSA) is 0 Å². The van der Waals surface area contributed by atoms with Crippen molar-refractivity contribution in [2.45, 2.75) is 24.2 Å². The summed E-state index contributed by atoms with van der Waals surface area (Å²) >= 11 is 0. The minimum Gasteiger partial charge on any atom is -0.207 e. The summed E-state index contributed by atoms with van der Waals surface area (Å²) in [5.41, 5.74) is -8.07. The van der Waals surface area contributed by atoms with E-state index >= 15 is 0 Å². The molecular formula is C18H8F12. The highest BCUT2D eigenvalue weighted by atomic mass is 19.4. The zero-order valence-corrected chi connectivity index (χ0v) is 14.2. The molecule has 0 aromatic heterocycles. The van der Waals surface area contributed by atoms with Gasteiger partial charge in [0.1, 0.15) is 11.6 Å². The van der Waals surface area contributed by atoms with Crippen molar-refractivity contribution in [3.8, 4) is 0 Å². The van der Waals surface area contributed by atoms with E-state index in [1.807, 2.05) is 0 Å². The van der Waals surface area contributed by atoms with Crippen LogP contribution < -0.4 is 0 Å². The Morgan fingerprint density at radius 3 is 1.13 bits per heavy atom. The molecule has 0 saturated heterocycles. The second-order valence-electron chi connectivity index (χ2n) is 5.91. The minimum atomic E-state index is -6.89. The van der Waals surface area contributed by atoms with Crippen LogP contribution in [0.5, 0.6) is 0 Å². The normalized spacial score (nSPS) is 13.3. The van der Waals surface area contributed by atoms with Gasteiger partial charge < -0.3 is 0 Å². The lowest BCUT2D eigenvalue weighted by Crippen LogP contribution is -2.51. The predicted octanol–water partition coefficient (Wildman–Crippen LogP) is 7.16. The molecule has 0 N–H and O–H groups in total. The Bertz CT molecular complexity index is 875. The molecule has 0 unspecified atom stereocenters. The third-order valence-electron chi connectivity index (χ3n) is 3.82. The summed E-state index contributed by atoms with van der Waals surface area (Å²) in [5.74, 6) is -16.1. The molecule has 2 aromatic carbocycles. The Hall–Kier alpha value is -2.66. The molecule has 0 aliphatic rings. The Balaban J connectivity index is 3.14. The molecule has 0 saturated carbocycles.